The Morgan fingerprint density at radius 2 is 1.78 bits per heavy atom. The maximum absolute atomic E-state index is 13.2. The van der Waals surface area contributed by atoms with Crippen LogP contribution in [0.25, 0.3) is 22.4 Å². The van der Waals surface area contributed by atoms with E-state index in [4.69, 9.17) is 21.5 Å². The molecule has 0 fully saturated rings. The summed E-state index contributed by atoms with van der Waals surface area (Å²) in [6, 6.07) is 21.2. The van der Waals surface area contributed by atoms with Gasteiger partial charge in [-0.2, -0.15) is 0 Å². The minimum absolute atomic E-state index is 0.00906. The van der Waals surface area contributed by atoms with Gasteiger partial charge < -0.3 is 15.0 Å². The van der Waals surface area contributed by atoms with Crippen molar-refractivity contribution >= 4 is 56.0 Å². The number of hydrogen-bond acceptors (Lipinski definition) is 8. The topological polar surface area (TPSA) is 175 Å². The van der Waals surface area contributed by atoms with E-state index in [-0.39, 0.29) is 28.6 Å². The summed E-state index contributed by atoms with van der Waals surface area (Å²) in [5, 5.41) is 12.2. The summed E-state index contributed by atoms with van der Waals surface area (Å²) in [4.78, 5) is 36.9. The van der Waals surface area contributed by atoms with Gasteiger partial charge in [0.25, 0.3) is 21.8 Å². The molecule has 0 spiro atoms. The number of sulfonamides is 1. The van der Waals surface area contributed by atoms with E-state index >= 15 is 0 Å². The molecule has 5 N–H and O–H groups in total. The zero-order valence-electron chi connectivity index (χ0n) is 24.4. The van der Waals surface area contributed by atoms with Crippen LogP contribution in [-0.4, -0.2) is 47.0 Å². The molecule has 0 saturated carbocycles. The molecule has 45 heavy (non-hydrogen) atoms. The summed E-state index contributed by atoms with van der Waals surface area (Å²) < 4.78 is 34.2. The lowest BCUT2D eigenvalue weighted by molar-refractivity contribution is -0.139. The third-order valence-electron chi connectivity index (χ3n) is 6.87. The minimum Gasteiger partial charge on any atom is -0.492 e. The molecule has 0 aliphatic carbocycles. The average molecular weight is 649 g/mol. The standard InChI is InChI=1S/C31H29ClN6O6S/c1-18-22(29(39)34-19-11-13-24(32)23(15-19)28-35-25-9-4-5-10-26(25)36-28)12-14-27(33-18)38-45(42,43)21-8-6-7-20(16-21)44-17-31(2,3)30(40)37-41/h4-16,41H,17H2,1-3H3,(H,33,38)(H,34,39)(H,35,36)(H,37,40). The maximum atomic E-state index is 13.2. The lowest BCUT2D eigenvalue weighted by atomic mass is 9.94. The van der Waals surface area contributed by atoms with Crippen LogP contribution in [0.1, 0.15) is 29.9 Å². The van der Waals surface area contributed by atoms with Crippen LogP contribution in [-0.2, 0) is 14.8 Å². The number of imidazole rings is 1. The minimum atomic E-state index is -4.09. The molecule has 14 heteroatoms. The molecular formula is C31H29ClN6O6S. The van der Waals surface area contributed by atoms with Gasteiger partial charge in [-0.05, 0) is 75.4 Å². The highest BCUT2D eigenvalue weighted by molar-refractivity contribution is 7.92. The van der Waals surface area contributed by atoms with Crippen LogP contribution in [0, 0.1) is 12.3 Å². The van der Waals surface area contributed by atoms with Crippen molar-refractivity contribution in [3.63, 3.8) is 0 Å². The van der Waals surface area contributed by atoms with Crippen LogP contribution in [0.2, 0.25) is 5.02 Å². The van der Waals surface area contributed by atoms with Gasteiger partial charge in [-0.15, -0.1) is 0 Å². The van der Waals surface area contributed by atoms with Gasteiger partial charge in [-0.3, -0.25) is 19.5 Å². The number of H-pyrrole nitrogens is 1. The number of benzene rings is 3. The molecule has 2 heterocycles. The van der Waals surface area contributed by atoms with E-state index in [0.29, 0.717) is 27.8 Å². The molecule has 232 valence electrons. The molecule has 0 saturated heterocycles. The smallest absolute Gasteiger partial charge is 0.263 e. The molecule has 2 amide bonds. The molecule has 5 aromatic rings. The highest BCUT2D eigenvalue weighted by atomic mass is 35.5. The number of aromatic amines is 1. The van der Waals surface area contributed by atoms with Crippen LogP contribution in [0.15, 0.2) is 83.8 Å². The van der Waals surface area contributed by atoms with E-state index in [1.807, 2.05) is 24.3 Å². The molecule has 0 unspecified atom stereocenters. The van der Waals surface area contributed by atoms with E-state index in [2.05, 4.69) is 25.0 Å². The number of nitrogens with zero attached hydrogens (tertiary/aromatic N) is 2. The third-order valence-corrected chi connectivity index (χ3v) is 8.55. The molecule has 0 atom stereocenters. The number of aryl methyl sites for hydroxylation is 1. The van der Waals surface area contributed by atoms with Crippen molar-refractivity contribution in [2.75, 3.05) is 16.6 Å². The summed E-state index contributed by atoms with van der Waals surface area (Å²) >= 11 is 6.44. The number of carbonyl (C=O) groups is 2. The van der Waals surface area contributed by atoms with E-state index in [1.54, 1.807) is 50.5 Å². The first-order valence-electron chi connectivity index (χ1n) is 13.6. The highest BCUT2D eigenvalue weighted by Crippen LogP contribution is 2.31. The first-order valence-corrected chi connectivity index (χ1v) is 15.5. The number of anilines is 2. The Labute approximate surface area is 263 Å². The number of hydroxylamine groups is 1. The number of para-hydroxylation sites is 2. The van der Waals surface area contributed by atoms with Crippen molar-refractivity contribution in [2.45, 2.75) is 25.7 Å². The number of carbonyl (C=O) groups excluding carboxylic acids is 2. The van der Waals surface area contributed by atoms with Crippen LogP contribution >= 0.6 is 11.6 Å². The largest absolute Gasteiger partial charge is 0.492 e. The fourth-order valence-electron chi connectivity index (χ4n) is 4.33. The number of aromatic nitrogens is 3. The number of ether oxygens (including phenoxy) is 1. The summed E-state index contributed by atoms with van der Waals surface area (Å²) in [6.07, 6.45) is 0. The zero-order chi connectivity index (χ0) is 32.4. The van der Waals surface area contributed by atoms with Crippen molar-refractivity contribution in [1.29, 1.82) is 0 Å². The fourth-order valence-corrected chi connectivity index (χ4v) is 5.57. The average Bonchev–Trinajstić information content (AvgIpc) is 3.45. The summed E-state index contributed by atoms with van der Waals surface area (Å²) in [6.45, 7) is 4.60. The number of hydrogen-bond donors (Lipinski definition) is 5. The van der Waals surface area contributed by atoms with Crippen LogP contribution in [0.5, 0.6) is 5.75 Å². The number of pyridine rings is 1. The highest BCUT2D eigenvalue weighted by Gasteiger charge is 2.28. The number of halogens is 1. The summed E-state index contributed by atoms with van der Waals surface area (Å²) in [5.74, 6) is -0.322. The van der Waals surface area contributed by atoms with Gasteiger partial charge in [0.1, 0.15) is 24.0 Å². The van der Waals surface area contributed by atoms with Crippen molar-refractivity contribution in [3.05, 3.63) is 95.1 Å². The Bertz CT molecular complexity index is 2000. The van der Waals surface area contributed by atoms with E-state index in [9.17, 15) is 18.0 Å². The van der Waals surface area contributed by atoms with Crippen molar-refractivity contribution in [1.82, 2.24) is 20.4 Å². The molecule has 0 radical (unpaired) electrons. The number of amides is 2. The second-order valence-electron chi connectivity index (χ2n) is 10.8. The SMILES string of the molecule is Cc1nc(NS(=O)(=O)c2cccc(OCC(C)(C)C(=O)NO)c2)ccc1C(=O)Nc1ccc(Cl)c(-c2nc3ccccc3[nH]2)c1. The van der Waals surface area contributed by atoms with E-state index in [0.717, 1.165) is 11.0 Å². The molecule has 3 aromatic carbocycles. The van der Waals surface area contributed by atoms with Crippen molar-refractivity contribution < 1.29 is 28.0 Å². The first-order chi connectivity index (χ1) is 21.4. The Morgan fingerprint density at radius 1 is 1.00 bits per heavy atom. The zero-order valence-corrected chi connectivity index (χ0v) is 26.0. The maximum Gasteiger partial charge on any atom is 0.263 e. The van der Waals surface area contributed by atoms with Crippen LogP contribution in [0.3, 0.4) is 0 Å². The van der Waals surface area contributed by atoms with Crippen LogP contribution in [0.4, 0.5) is 11.5 Å². The normalized spacial score (nSPS) is 11.7. The van der Waals surface area contributed by atoms with Gasteiger partial charge in [0.15, 0.2) is 0 Å². The van der Waals surface area contributed by atoms with E-state index < -0.39 is 27.3 Å². The first kappa shape index (κ1) is 31.4. The molecule has 0 aliphatic heterocycles. The Morgan fingerprint density at radius 3 is 2.51 bits per heavy atom. The molecule has 12 nitrogen and oxygen atoms in total. The Balaban J connectivity index is 1.28. The lowest BCUT2D eigenvalue weighted by Crippen LogP contribution is -2.39. The van der Waals surface area contributed by atoms with Gasteiger partial charge >= 0.3 is 0 Å². The monoisotopic (exact) mass is 648 g/mol. The number of fused-ring (bicyclic) bond motifs is 1. The summed E-state index contributed by atoms with van der Waals surface area (Å²) in [7, 11) is -4.09. The molecule has 0 aliphatic rings. The van der Waals surface area contributed by atoms with Gasteiger partial charge in [0, 0.05) is 17.3 Å². The van der Waals surface area contributed by atoms with E-state index in [1.165, 1.54) is 30.3 Å². The Kier molecular flexibility index (Phi) is 8.77. The third kappa shape index (κ3) is 7.06. The van der Waals surface area contributed by atoms with Crippen molar-refractivity contribution in [2.24, 2.45) is 5.41 Å². The van der Waals surface area contributed by atoms with Crippen molar-refractivity contribution in [3.8, 4) is 17.1 Å². The fraction of sp³-hybridized carbons (Fsp3) is 0.161. The number of rotatable bonds is 10. The predicted octanol–water partition coefficient (Wildman–Crippen LogP) is 5.55. The molecule has 0 bridgehead atoms. The molecule has 2 aromatic heterocycles. The molecular weight excluding hydrogens is 620 g/mol. The van der Waals surface area contributed by atoms with Gasteiger partial charge in [0.2, 0.25) is 0 Å². The van der Waals surface area contributed by atoms with Gasteiger partial charge in [-0.1, -0.05) is 29.8 Å². The quantitative estimate of drug-likeness (QED) is 0.0967. The van der Waals surface area contributed by atoms with Crippen LogP contribution < -0.4 is 20.3 Å². The number of nitrogens with one attached hydrogen (secondary N) is 4. The summed E-state index contributed by atoms with van der Waals surface area (Å²) in [5.41, 5.74) is 3.77. The second kappa shape index (κ2) is 12.6. The van der Waals surface area contributed by atoms with Gasteiger partial charge in [0.05, 0.1) is 37.6 Å². The van der Waals surface area contributed by atoms with Gasteiger partial charge in [-0.25, -0.2) is 23.9 Å². The predicted molar refractivity (Wildman–Crippen MR) is 170 cm³/mol. The Hall–Kier alpha value is -4.98. The second-order valence-corrected chi connectivity index (χ2v) is 12.9. The lowest BCUT2D eigenvalue weighted by Gasteiger charge is -2.22. The molecule has 5 rings (SSSR count).